The van der Waals surface area contributed by atoms with Crippen LogP contribution in [0.25, 0.3) is 0 Å². The van der Waals surface area contributed by atoms with Crippen LogP contribution in [0.4, 0.5) is 5.82 Å². The van der Waals surface area contributed by atoms with Crippen LogP contribution in [0.15, 0.2) is 36.5 Å². The fourth-order valence-electron chi connectivity index (χ4n) is 2.25. The van der Waals surface area contributed by atoms with Gasteiger partial charge in [-0.2, -0.15) is 0 Å². The zero-order valence-electron chi connectivity index (χ0n) is 14.6. The Bertz CT molecular complexity index is 777. The van der Waals surface area contributed by atoms with Crippen LogP contribution in [0, 0.1) is 6.92 Å². The maximum absolute atomic E-state index is 12.1. The molecular weight excluding hydrogens is 322 g/mol. The summed E-state index contributed by atoms with van der Waals surface area (Å²) in [6, 6.07) is 8.39. The number of pyridine rings is 1. The lowest BCUT2D eigenvalue weighted by Gasteiger charge is -2.16. The van der Waals surface area contributed by atoms with Crippen molar-refractivity contribution in [2.45, 2.75) is 19.9 Å². The number of amides is 2. The maximum atomic E-state index is 12.1. The van der Waals surface area contributed by atoms with Crippen molar-refractivity contribution in [2.24, 2.45) is 0 Å². The molecule has 1 unspecified atom stereocenters. The first-order valence-corrected chi connectivity index (χ1v) is 7.71. The lowest BCUT2D eigenvalue weighted by molar-refractivity contribution is -0.136. The second-order valence-electron chi connectivity index (χ2n) is 5.48. The van der Waals surface area contributed by atoms with Crippen LogP contribution >= 0.6 is 0 Å². The van der Waals surface area contributed by atoms with Crippen molar-refractivity contribution in [3.63, 3.8) is 0 Å². The molecule has 7 nitrogen and oxygen atoms in total. The third kappa shape index (κ3) is 4.69. The van der Waals surface area contributed by atoms with Gasteiger partial charge in [0.1, 0.15) is 5.82 Å². The standard InChI is InChI=1S/C18H21N3O4/c1-11-7-8-19-16(9-11)21-18(23)17(22)20-12(2)13-5-6-14(24-3)15(10-13)25-4/h5-10,12H,1-4H3,(H,20,22)(H,19,21,23). The Balaban J connectivity index is 2.03. The average molecular weight is 343 g/mol. The summed E-state index contributed by atoms with van der Waals surface area (Å²) in [5.74, 6) is -0.0440. The van der Waals surface area contributed by atoms with E-state index in [0.29, 0.717) is 17.3 Å². The van der Waals surface area contributed by atoms with Gasteiger partial charge < -0.3 is 20.1 Å². The molecule has 2 aromatic rings. The molecule has 0 saturated heterocycles. The first-order valence-electron chi connectivity index (χ1n) is 7.71. The van der Waals surface area contributed by atoms with Gasteiger partial charge in [-0.05, 0) is 49.2 Å². The minimum atomic E-state index is -0.773. The number of rotatable bonds is 5. The molecule has 0 radical (unpaired) electrons. The Kier molecular flexibility index (Phi) is 5.94. The summed E-state index contributed by atoms with van der Waals surface area (Å²) in [6.07, 6.45) is 1.56. The fraction of sp³-hybridized carbons (Fsp3) is 0.278. The molecule has 0 aliphatic carbocycles. The molecule has 0 bridgehead atoms. The van der Waals surface area contributed by atoms with E-state index in [4.69, 9.17) is 9.47 Å². The highest BCUT2D eigenvalue weighted by atomic mass is 16.5. The van der Waals surface area contributed by atoms with Gasteiger partial charge in [-0.15, -0.1) is 0 Å². The summed E-state index contributed by atoms with van der Waals surface area (Å²) in [5, 5.41) is 5.12. The van der Waals surface area contributed by atoms with Gasteiger partial charge in [-0.3, -0.25) is 9.59 Å². The van der Waals surface area contributed by atoms with E-state index >= 15 is 0 Å². The van der Waals surface area contributed by atoms with E-state index in [2.05, 4.69) is 15.6 Å². The van der Waals surface area contributed by atoms with Crippen molar-refractivity contribution in [1.29, 1.82) is 0 Å². The number of hydrogen-bond donors (Lipinski definition) is 2. The minimum Gasteiger partial charge on any atom is -0.493 e. The van der Waals surface area contributed by atoms with Crippen molar-refractivity contribution >= 4 is 17.6 Å². The molecule has 0 fully saturated rings. The second-order valence-corrected chi connectivity index (χ2v) is 5.48. The number of carbonyl (C=O) groups excluding carboxylic acids is 2. The van der Waals surface area contributed by atoms with Crippen molar-refractivity contribution < 1.29 is 19.1 Å². The topological polar surface area (TPSA) is 89.5 Å². The molecule has 0 saturated carbocycles. The lowest BCUT2D eigenvalue weighted by Crippen LogP contribution is -2.37. The van der Waals surface area contributed by atoms with E-state index in [1.807, 2.05) is 6.92 Å². The van der Waals surface area contributed by atoms with E-state index in [-0.39, 0.29) is 6.04 Å². The van der Waals surface area contributed by atoms with Crippen LogP contribution < -0.4 is 20.1 Å². The third-order valence-corrected chi connectivity index (χ3v) is 3.62. The molecule has 7 heteroatoms. The lowest BCUT2D eigenvalue weighted by atomic mass is 10.1. The number of aromatic nitrogens is 1. The molecule has 0 spiro atoms. The molecule has 0 aliphatic heterocycles. The average Bonchev–Trinajstić information content (AvgIpc) is 2.60. The summed E-state index contributed by atoms with van der Waals surface area (Å²) < 4.78 is 10.4. The highest BCUT2D eigenvalue weighted by molar-refractivity contribution is 6.39. The predicted molar refractivity (Wildman–Crippen MR) is 93.7 cm³/mol. The molecule has 1 aromatic carbocycles. The molecule has 132 valence electrons. The van der Waals surface area contributed by atoms with Gasteiger partial charge in [0.05, 0.1) is 20.3 Å². The molecule has 0 aliphatic rings. The Morgan fingerprint density at radius 3 is 2.40 bits per heavy atom. The molecule has 2 N–H and O–H groups in total. The normalized spacial score (nSPS) is 11.4. The number of anilines is 1. The minimum absolute atomic E-state index is 0.332. The Labute approximate surface area is 146 Å². The number of methoxy groups -OCH3 is 2. The zero-order valence-corrected chi connectivity index (χ0v) is 14.6. The van der Waals surface area contributed by atoms with Crippen molar-refractivity contribution in [3.8, 4) is 11.5 Å². The van der Waals surface area contributed by atoms with Crippen LogP contribution in [0.1, 0.15) is 24.1 Å². The molecule has 1 atom stereocenters. The summed E-state index contributed by atoms with van der Waals surface area (Å²) >= 11 is 0. The van der Waals surface area contributed by atoms with Gasteiger partial charge in [0.25, 0.3) is 0 Å². The fourth-order valence-corrected chi connectivity index (χ4v) is 2.25. The van der Waals surface area contributed by atoms with Gasteiger partial charge >= 0.3 is 11.8 Å². The maximum Gasteiger partial charge on any atom is 0.314 e. The van der Waals surface area contributed by atoms with Gasteiger partial charge in [-0.1, -0.05) is 6.07 Å². The number of ether oxygens (including phenoxy) is 2. The number of nitrogens with zero attached hydrogens (tertiary/aromatic N) is 1. The summed E-state index contributed by atoms with van der Waals surface area (Å²) in [4.78, 5) is 28.1. The van der Waals surface area contributed by atoms with Crippen LogP contribution in [0.5, 0.6) is 11.5 Å². The van der Waals surface area contributed by atoms with Gasteiger partial charge in [0, 0.05) is 6.20 Å². The quantitative estimate of drug-likeness (QED) is 0.813. The Morgan fingerprint density at radius 2 is 1.76 bits per heavy atom. The van der Waals surface area contributed by atoms with E-state index in [9.17, 15) is 9.59 Å². The highest BCUT2D eigenvalue weighted by Gasteiger charge is 2.18. The van der Waals surface area contributed by atoms with Crippen molar-refractivity contribution in [2.75, 3.05) is 19.5 Å². The first kappa shape index (κ1) is 18.3. The molecule has 2 amide bonds. The largest absolute Gasteiger partial charge is 0.493 e. The Morgan fingerprint density at radius 1 is 1.04 bits per heavy atom. The van der Waals surface area contributed by atoms with Crippen LogP contribution in [0.2, 0.25) is 0 Å². The van der Waals surface area contributed by atoms with E-state index < -0.39 is 11.8 Å². The molecular formula is C18H21N3O4. The summed E-state index contributed by atoms with van der Waals surface area (Å²) in [6.45, 7) is 3.65. The smallest absolute Gasteiger partial charge is 0.314 e. The number of aryl methyl sites for hydroxylation is 1. The summed E-state index contributed by atoms with van der Waals surface area (Å²) in [5.41, 5.74) is 1.72. The molecule has 1 aromatic heterocycles. The molecule has 25 heavy (non-hydrogen) atoms. The Hall–Kier alpha value is -3.09. The predicted octanol–water partition coefficient (Wildman–Crippen LogP) is 2.22. The van der Waals surface area contributed by atoms with E-state index in [0.717, 1.165) is 11.1 Å². The SMILES string of the molecule is COc1ccc(C(C)NC(=O)C(=O)Nc2cc(C)ccn2)cc1OC. The zero-order chi connectivity index (χ0) is 18.4. The van der Waals surface area contributed by atoms with Gasteiger partial charge in [-0.25, -0.2) is 4.98 Å². The van der Waals surface area contributed by atoms with Crippen molar-refractivity contribution in [3.05, 3.63) is 47.7 Å². The highest BCUT2D eigenvalue weighted by Crippen LogP contribution is 2.29. The first-order chi connectivity index (χ1) is 11.9. The van der Waals surface area contributed by atoms with Crippen LogP contribution in [-0.4, -0.2) is 31.0 Å². The molecule has 1 heterocycles. The number of nitrogens with one attached hydrogen (secondary N) is 2. The van der Waals surface area contributed by atoms with E-state index in [1.165, 1.54) is 7.11 Å². The van der Waals surface area contributed by atoms with E-state index in [1.54, 1.807) is 50.6 Å². The number of carbonyl (C=O) groups is 2. The third-order valence-electron chi connectivity index (χ3n) is 3.62. The van der Waals surface area contributed by atoms with Gasteiger partial charge in [0.2, 0.25) is 0 Å². The van der Waals surface area contributed by atoms with Crippen molar-refractivity contribution in [1.82, 2.24) is 10.3 Å². The van der Waals surface area contributed by atoms with Crippen LogP contribution in [-0.2, 0) is 9.59 Å². The monoisotopic (exact) mass is 343 g/mol. The number of hydrogen-bond acceptors (Lipinski definition) is 5. The van der Waals surface area contributed by atoms with Gasteiger partial charge in [0.15, 0.2) is 11.5 Å². The second kappa shape index (κ2) is 8.14. The number of benzene rings is 1. The van der Waals surface area contributed by atoms with Crippen LogP contribution in [0.3, 0.4) is 0 Å². The summed E-state index contributed by atoms with van der Waals surface area (Å²) in [7, 11) is 3.08. The molecule has 2 rings (SSSR count).